The molecular formula is C15H22N2O2. The molecule has 104 valence electrons. The summed E-state index contributed by atoms with van der Waals surface area (Å²) >= 11 is 0. The van der Waals surface area contributed by atoms with Crippen LogP contribution in [0.15, 0.2) is 18.2 Å². The fourth-order valence-corrected chi connectivity index (χ4v) is 2.46. The SMILES string of the molecule is Cc1ccc(C(=O)NCC2(N(C)C)CCC2)cc1O. The van der Waals surface area contributed by atoms with Gasteiger partial charge >= 0.3 is 0 Å². The van der Waals surface area contributed by atoms with Crippen LogP contribution in [0.4, 0.5) is 0 Å². The largest absolute Gasteiger partial charge is 0.508 e. The van der Waals surface area contributed by atoms with Crippen molar-refractivity contribution in [3.63, 3.8) is 0 Å². The van der Waals surface area contributed by atoms with Crippen LogP contribution < -0.4 is 5.32 Å². The molecule has 1 saturated carbocycles. The van der Waals surface area contributed by atoms with Gasteiger partial charge in [0.2, 0.25) is 0 Å². The minimum absolute atomic E-state index is 0.113. The van der Waals surface area contributed by atoms with Crippen molar-refractivity contribution in [2.24, 2.45) is 0 Å². The van der Waals surface area contributed by atoms with Gasteiger partial charge in [0.05, 0.1) is 0 Å². The lowest BCUT2D eigenvalue weighted by atomic mass is 9.75. The molecule has 4 heteroatoms. The zero-order valence-electron chi connectivity index (χ0n) is 11.9. The number of hydrogen-bond donors (Lipinski definition) is 2. The van der Waals surface area contributed by atoms with Crippen molar-refractivity contribution in [2.45, 2.75) is 31.7 Å². The molecule has 1 aliphatic carbocycles. The molecule has 4 nitrogen and oxygen atoms in total. The molecule has 0 aromatic heterocycles. The highest BCUT2D eigenvalue weighted by molar-refractivity contribution is 5.94. The fraction of sp³-hybridized carbons (Fsp3) is 0.533. The van der Waals surface area contributed by atoms with Crippen LogP contribution in [-0.2, 0) is 0 Å². The van der Waals surface area contributed by atoms with Crippen LogP contribution in [0.1, 0.15) is 35.2 Å². The molecule has 0 unspecified atom stereocenters. The lowest BCUT2D eigenvalue weighted by Crippen LogP contribution is -2.57. The molecule has 0 atom stereocenters. The van der Waals surface area contributed by atoms with E-state index in [1.807, 2.05) is 6.92 Å². The average molecular weight is 262 g/mol. The number of carbonyl (C=O) groups excluding carboxylic acids is 1. The van der Waals surface area contributed by atoms with Gasteiger partial charge in [0, 0.05) is 17.6 Å². The molecule has 2 rings (SSSR count). The summed E-state index contributed by atoms with van der Waals surface area (Å²) in [4.78, 5) is 14.3. The first-order chi connectivity index (χ1) is 8.94. The number of hydrogen-bond acceptors (Lipinski definition) is 3. The number of nitrogens with zero attached hydrogens (tertiary/aromatic N) is 1. The van der Waals surface area contributed by atoms with E-state index in [9.17, 15) is 9.90 Å². The average Bonchev–Trinajstić information content (AvgIpc) is 2.30. The van der Waals surface area contributed by atoms with Crippen LogP contribution in [-0.4, -0.2) is 42.1 Å². The Balaban J connectivity index is 1.99. The summed E-state index contributed by atoms with van der Waals surface area (Å²) in [7, 11) is 4.12. The van der Waals surface area contributed by atoms with Gasteiger partial charge in [-0.25, -0.2) is 0 Å². The quantitative estimate of drug-likeness (QED) is 0.871. The first-order valence-corrected chi connectivity index (χ1v) is 6.70. The van der Waals surface area contributed by atoms with Crippen molar-refractivity contribution in [3.8, 4) is 5.75 Å². The maximum atomic E-state index is 12.1. The van der Waals surface area contributed by atoms with Gasteiger partial charge in [-0.15, -0.1) is 0 Å². The monoisotopic (exact) mass is 262 g/mol. The molecule has 1 fully saturated rings. The Morgan fingerprint density at radius 1 is 1.42 bits per heavy atom. The summed E-state index contributed by atoms with van der Waals surface area (Å²) in [6.45, 7) is 2.47. The third-order valence-corrected chi connectivity index (χ3v) is 4.28. The number of aromatic hydroxyl groups is 1. The van der Waals surface area contributed by atoms with Crippen LogP contribution in [0.3, 0.4) is 0 Å². The van der Waals surface area contributed by atoms with E-state index in [2.05, 4.69) is 24.3 Å². The smallest absolute Gasteiger partial charge is 0.251 e. The summed E-state index contributed by atoms with van der Waals surface area (Å²) in [5.74, 6) is 0.0436. The van der Waals surface area contributed by atoms with E-state index in [1.165, 1.54) is 12.5 Å². The predicted octanol–water partition coefficient (Wildman–Crippen LogP) is 1.91. The van der Waals surface area contributed by atoms with Gasteiger partial charge in [-0.3, -0.25) is 4.79 Å². The van der Waals surface area contributed by atoms with Crippen molar-refractivity contribution in [3.05, 3.63) is 29.3 Å². The zero-order valence-corrected chi connectivity index (χ0v) is 11.9. The van der Waals surface area contributed by atoms with E-state index in [1.54, 1.807) is 12.1 Å². The number of likely N-dealkylation sites (N-methyl/N-ethyl adjacent to an activating group) is 1. The molecule has 0 aliphatic heterocycles. The number of rotatable bonds is 4. The number of nitrogens with one attached hydrogen (secondary N) is 1. The van der Waals surface area contributed by atoms with E-state index in [0.29, 0.717) is 12.1 Å². The summed E-state index contributed by atoms with van der Waals surface area (Å²) in [5, 5.41) is 12.6. The van der Waals surface area contributed by atoms with E-state index in [-0.39, 0.29) is 17.2 Å². The van der Waals surface area contributed by atoms with Crippen LogP contribution in [0.5, 0.6) is 5.75 Å². The minimum atomic E-state index is -0.122. The van der Waals surface area contributed by atoms with Gasteiger partial charge < -0.3 is 15.3 Å². The summed E-state index contributed by atoms with van der Waals surface area (Å²) in [6.07, 6.45) is 3.47. The number of carbonyl (C=O) groups is 1. The van der Waals surface area contributed by atoms with E-state index < -0.39 is 0 Å². The molecule has 1 aromatic rings. The second kappa shape index (κ2) is 5.21. The van der Waals surface area contributed by atoms with Crippen molar-refractivity contribution in [1.82, 2.24) is 10.2 Å². The van der Waals surface area contributed by atoms with Crippen molar-refractivity contribution >= 4 is 5.91 Å². The Morgan fingerprint density at radius 2 is 2.11 bits per heavy atom. The van der Waals surface area contributed by atoms with Crippen LogP contribution in [0, 0.1) is 6.92 Å². The summed E-state index contributed by atoms with van der Waals surface area (Å²) in [6, 6.07) is 5.02. The Bertz CT molecular complexity index is 479. The molecule has 1 aliphatic rings. The molecular weight excluding hydrogens is 240 g/mol. The van der Waals surface area contributed by atoms with Gasteiger partial charge in [0.15, 0.2) is 0 Å². The normalized spacial score (nSPS) is 17.1. The highest BCUT2D eigenvalue weighted by atomic mass is 16.3. The first kappa shape index (κ1) is 13.9. The van der Waals surface area contributed by atoms with E-state index in [4.69, 9.17) is 0 Å². The number of phenolic OH excluding ortho intramolecular Hbond substituents is 1. The fourth-order valence-electron chi connectivity index (χ4n) is 2.46. The molecule has 0 spiro atoms. The Morgan fingerprint density at radius 3 is 2.58 bits per heavy atom. The van der Waals surface area contributed by atoms with Crippen LogP contribution in [0.2, 0.25) is 0 Å². The number of aryl methyl sites for hydroxylation is 1. The zero-order chi connectivity index (χ0) is 14.0. The van der Waals surface area contributed by atoms with Gasteiger partial charge in [-0.05, 0) is 58.0 Å². The summed E-state index contributed by atoms with van der Waals surface area (Å²) < 4.78 is 0. The van der Waals surface area contributed by atoms with E-state index in [0.717, 1.165) is 18.4 Å². The highest BCUT2D eigenvalue weighted by Gasteiger charge is 2.39. The topological polar surface area (TPSA) is 52.6 Å². The number of benzene rings is 1. The third kappa shape index (κ3) is 2.73. The lowest BCUT2D eigenvalue weighted by molar-refractivity contribution is 0.0557. The molecule has 0 bridgehead atoms. The summed E-state index contributed by atoms with van der Waals surface area (Å²) in [5.41, 5.74) is 1.40. The molecule has 0 radical (unpaired) electrons. The Kier molecular flexibility index (Phi) is 3.80. The molecule has 1 aromatic carbocycles. The Labute approximate surface area is 114 Å². The maximum Gasteiger partial charge on any atom is 0.251 e. The standard InChI is InChI=1S/C15H22N2O2/c1-11-5-6-12(9-13(11)18)14(19)16-10-15(17(2)3)7-4-8-15/h5-6,9,18H,4,7-8,10H2,1-3H3,(H,16,19). The van der Waals surface area contributed by atoms with Gasteiger partial charge in [-0.2, -0.15) is 0 Å². The molecule has 19 heavy (non-hydrogen) atoms. The van der Waals surface area contributed by atoms with Gasteiger partial charge in [0.25, 0.3) is 5.91 Å². The molecule has 2 N–H and O–H groups in total. The Hall–Kier alpha value is -1.55. The lowest BCUT2D eigenvalue weighted by Gasteiger charge is -2.47. The maximum absolute atomic E-state index is 12.1. The first-order valence-electron chi connectivity index (χ1n) is 6.70. The van der Waals surface area contributed by atoms with Crippen molar-refractivity contribution in [2.75, 3.05) is 20.6 Å². The predicted molar refractivity (Wildman–Crippen MR) is 75.4 cm³/mol. The number of phenols is 1. The second-order valence-electron chi connectivity index (χ2n) is 5.66. The molecule has 1 amide bonds. The molecule has 0 heterocycles. The van der Waals surface area contributed by atoms with Crippen molar-refractivity contribution < 1.29 is 9.90 Å². The van der Waals surface area contributed by atoms with E-state index >= 15 is 0 Å². The highest BCUT2D eigenvalue weighted by Crippen LogP contribution is 2.35. The third-order valence-electron chi connectivity index (χ3n) is 4.28. The molecule has 0 saturated heterocycles. The van der Waals surface area contributed by atoms with Crippen LogP contribution in [0.25, 0.3) is 0 Å². The number of amides is 1. The van der Waals surface area contributed by atoms with Gasteiger partial charge in [-0.1, -0.05) is 6.07 Å². The van der Waals surface area contributed by atoms with Crippen molar-refractivity contribution in [1.29, 1.82) is 0 Å². The van der Waals surface area contributed by atoms with Crippen LogP contribution >= 0.6 is 0 Å². The minimum Gasteiger partial charge on any atom is -0.508 e. The second-order valence-corrected chi connectivity index (χ2v) is 5.66. The van der Waals surface area contributed by atoms with Gasteiger partial charge in [0.1, 0.15) is 5.75 Å².